The van der Waals surface area contributed by atoms with Crippen molar-refractivity contribution in [2.75, 3.05) is 25.2 Å². The molecular weight excluding hydrogens is 504 g/mol. The van der Waals surface area contributed by atoms with Crippen LogP contribution >= 0.6 is 0 Å². The van der Waals surface area contributed by atoms with Crippen LogP contribution in [-0.2, 0) is 20.8 Å². The van der Waals surface area contributed by atoms with E-state index in [1.807, 2.05) is 24.3 Å². The van der Waals surface area contributed by atoms with Crippen molar-refractivity contribution in [3.8, 4) is 16.9 Å². The van der Waals surface area contributed by atoms with Crippen molar-refractivity contribution < 1.29 is 33.3 Å². The van der Waals surface area contributed by atoms with Crippen molar-refractivity contribution in [3.63, 3.8) is 0 Å². The first-order valence-corrected chi connectivity index (χ1v) is 12.6. The molecular formula is C28H34N4O7. The highest BCUT2D eigenvalue weighted by Crippen LogP contribution is 2.32. The van der Waals surface area contributed by atoms with Crippen LogP contribution in [0.3, 0.4) is 0 Å². The van der Waals surface area contributed by atoms with E-state index in [1.54, 1.807) is 53.7 Å². The number of imide groups is 1. The maximum Gasteiger partial charge on any atom is 0.427 e. The number of aromatic nitrogens is 2. The summed E-state index contributed by atoms with van der Waals surface area (Å²) in [5, 5.41) is 3.32. The second-order valence-corrected chi connectivity index (χ2v) is 11.1. The van der Waals surface area contributed by atoms with Gasteiger partial charge in [-0.3, -0.25) is 0 Å². The first-order valence-electron chi connectivity index (χ1n) is 12.6. The number of nitrogens with one attached hydrogen (secondary N) is 1. The monoisotopic (exact) mass is 538 g/mol. The first kappa shape index (κ1) is 27.9. The van der Waals surface area contributed by atoms with Gasteiger partial charge in [0.1, 0.15) is 23.6 Å². The zero-order chi connectivity index (χ0) is 28.5. The standard InChI is InChI=1S/C28H34N4O7/c1-27(2,3)38-25(34)31-21-10-8-18(17-9-11-22-19(14-17)16-29-12-13-37-22)15-20(21)30-23(31)32(24(33)36-7)26(35)39-28(4,5)6/h8-11,14-15,29H,12-13,16H2,1-7H3. The maximum atomic E-state index is 13.4. The van der Waals surface area contributed by atoms with Crippen molar-refractivity contribution in [3.05, 3.63) is 42.0 Å². The quantitative estimate of drug-likeness (QED) is 0.423. The van der Waals surface area contributed by atoms with Gasteiger partial charge in [-0.1, -0.05) is 12.1 Å². The zero-order valence-corrected chi connectivity index (χ0v) is 23.3. The summed E-state index contributed by atoms with van der Waals surface area (Å²) < 4.78 is 22.7. The predicted molar refractivity (Wildman–Crippen MR) is 145 cm³/mol. The number of fused-ring (bicyclic) bond motifs is 2. The molecule has 1 N–H and O–H groups in total. The number of amides is 2. The lowest BCUT2D eigenvalue weighted by molar-refractivity contribution is 0.0538. The topological polar surface area (TPSA) is 121 Å². The summed E-state index contributed by atoms with van der Waals surface area (Å²) in [6.45, 7) is 12.1. The fourth-order valence-electron chi connectivity index (χ4n) is 4.02. The Morgan fingerprint density at radius 3 is 2.28 bits per heavy atom. The van der Waals surface area contributed by atoms with E-state index in [-0.39, 0.29) is 5.95 Å². The Morgan fingerprint density at radius 1 is 0.949 bits per heavy atom. The van der Waals surface area contributed by atoms with Crippen LogP contribution in [0.5, 0.6) is 5.75 Å². The van der Waals surface area contributed by atoms with Gasteiger partial charge >= 0.3 is 18.3 Å². The van der Waals surface area contributed by atoms with Crippen LogP contribution in [0, 0.1) is 0 Å². The first-order chi connectivity index (χ1) is 18.3. The van der Waals surface area contributed by atoms with E-state index in [0.29, 0.717) is 29.1 Å². The number of hydrogen-bond acceptors (Lipinski definition) is 9. The Morgan fingerprint density at radius 2 is 1.62 bits per heavy atom. The molecule has 11 heteroatoms. The van der Waals surface area contributed by atoms with Gasteiger partial charge in [0.2, 0.25) is 5.95 Å². The second-order valence-electron chi connectivity index (χ2n) is 11.1. The molecule has 0 unspecified atom stereocenters. The molecule has 0 aliphatic carbocycles. The molecule has 1 aromatic heterocycles. The number of carbonyl (C=O) groups is 3. The number of benzene rings is 2. The van der Waals surface area contributed by atoms with Crippen LogP contribution in [-0.4, -0.2) is 59.3 Å². The number of hydrogen-bond donors (Lipinski definition) is 1. The average molecular weight is 539 g/mol. The Hall–Kier alpha value is -4.12. The molecule has 2 aromatic carbocycles. The number of anilines is 1. The van der Waals surface area contributed by atoms with E-state index >= 15 is 0 Å². The minimum atomic E-state index is -1.07. The normalized spacial score (nSPS) is 13.6. The number of methoxy groups -OCH3 is 1. The maximum absolute atomic E-state index is 13.4. The Balaban J connectivity index is 1.87. The van der Waals surface area contributed by atoms with Gasteiger partial charge in [0.15, 0.2) is 0 Å². The van der Waals surface area contributed by atoms with E-state index in [0.717, 1.165) is 40.7 Å². The smallest absolute Gasteiger partial charge is 0.427 e. The molecule has 3 aromatic rings. The molecule has 0 atom stereocenters. The van der Waals surface area contributed by atoms with E-state index in [1.165, 1.54) is 0 Å². The molecule has 2 heterocycles. The van der Waals surface area contributed by atoms with Gasteiger partial charge in [-0.15, -0.1) is 4.90 Å². The SMILES string of the molecule is COC(=O)N(C(=O)OC(C)(C)C)c1nc2cc(-c3ccc4c(c3)CNCCO4)ccc2n1C(=O)OC(C)(C)C. The van der Waals surface area contributed by atoms with E-state index in [2.05, 4.69) is 10.3 Å². The number of imidazole rings is 1. The number of ether oxygens (including phenoxy) is 4. The molecule has 0 radical (unpaired) electrons. The fraction of sp³-hybridized carbons (Fsp3) is 0.429. The molecule has 0 saturated carbocycles. The largest absolute Gasteiger partial charge is 0.492 e. The van der Waals surface area contributed by atoms with E-state index in [4.69, 9.17) is 18.9 Å². The van der Waals surface area contributed by atoms with Gasteiger partial charge in [0.25, 0.3) is 0 Å². The third-order valence-corrected chi connectivity index (χ3v) is 5.59. The van der Waals surface area contributed by atoms with Crippen LogP contribution in [0.15, 0.2) is 36.4 Å². The van der Waals surface area contributed by atoms with Crippen molar-refractivity contribution in [2.45, 2.75) is 59.3 Å². The average Bonchev–Trinajstić information content (AvgIpc) is 3.03. The predicted octanol–water partition coefficient (Wildman–Crippen LogP) is 5.48. The zero-order valence-electron chi connectivity index (χ0n) is 23.3. The van der Waals surface area contributed by atoms with Gasteiger partial charge in [0, 0.05) is 18.7 Å². The highest BCUT2D eigenvalue weighted by molar-refractivity contribution is 6.10. The molecule has 208 valence electrons. The Kier molecular flexibility index (Phi) is 7.56. The van der Waals surface area contributed by atoms with Crippen molar-refractivity contribution in [1.29, 1.82) is 0 Å². The van der Waals surface area contributed by atoms with Crippen LogP contribution in [0.25, 0.3) is 22.2 Å². The Bertz CT molecular complexity index is 1420. The second kappa shape index (κ2) is 10.6. The molecule has 0 saturated heterocycles. The Labute approximate surface area is 227 Å². The number of rotatable bonds is 2. The van der Waals surface area contributed by atoms with Crippen LogP contribution in [0.1, 0.15) is 47.1 Å². The summed E-state index contributed by atoms with van der Waals surface area (Å²) in [5.74, 6) is 0.518. The number of carbonyl (C=O) groups excluding carboxylic acids is 3. The van der Waals surface area contributed by atoms with Crippen LogP contribution in [0.2, 0.25) is 0 Å². The lowest BCUT2D eigenvalue weighted by Crippen LogP contribution is -2.43. The van der Waals surface area contributed by atoms with E-state index in [9.17, 15) is 14.4 Å². The van der Waals surface area contributed by atoms with Gasteiger partial charge in [0.05, 0.1) is 18.1 Å². The van der Waals surface area contributed by atoms with E-state index < -0.39 is 29.5 Å². The summed E-state index contributed by atoms with van der Waals surface area (Å²) in [6.07, 6.45) is -2.94. The lowest BCUT2D eigenvalue weighted by atomic mass is 10.0. The highest BCUT2D eigenvalue weighted by Gasteiger charge is 2.36. The van der Waals surface area contributed by atoms with Crippen molar-refractivity contribution in [1.82, 2.24) is 14.9 Å². The third kappa shape index (κ3) is 6.31. The third-order valence-electron chi connectivity index (χ3n) is 5.59. The van der Waals surface area contributed by atoms with Gasteiger partial charge < -0.3 is 24.3 Å². The van der Waals surface area contributed by atoms with Gasteiger partial charge in [-0.2, -0.15) is 0 Å². The lowest BCUT2D eigenvalue weighted by Gasteiger charge is -2.25. The molecule has 11 nitrogen and oxygen atoms in total. The summed E-state index contributed by atoms with van der Waals surface area (Å²) in [7, 11) is 1.12. The summed E-state index contributed by atoms with van der Waals surface area (Å²) >= 11 is 0. The molecule has 39 heavy (non-hydrogen) atoms. The molecule has 0 bridgehead atoms. The van der Waals surface area contributed by atoms with Crippen molar-refractivity contribution in [2.24, 2.45) is 0 Å². The summed E-state index contributed by atoms with van der Waals surface area (Å²) in [4.78, 5) is 44.4. The molecule has 0 spiro atoms. The van der Waals surface area contributed by atoms with Gasteiger partial charge in [-0.25, -0.2) is 23.9 Å². The molecule has 1 aliphatic rings. The highest BCUT2D eigenvalue weighted by atomic mass is 16.6. The number of nitrogens with zero attached hydrogens (tertiary/aromatic N) is 3. The molecule has 1 aliphatic heterocycles. The fourth-order valence-corrected chi connectivity index (χ4v) is 4.02. The molecule has 2 amide bonds. The van der Waals surface area contributed by atoms with Crippen molar-refractivity contribution >= 4 is 35.3 Å². The van der Waals surface area contributed by atoms with Gasteiger partial charge in [-0.05, 0) is 76.9 Å². The summed E-state index contributed by atoms with van der Waals surface area (Å²) in [5.41, 5.74) is 1.65. The molecule has 0 fully saturated rings. The minimum Gasteiger partial charge on any atom is -0.492 e. The van der Waals surface area contributed by atoms with Crippen LogP contribution < -0.4 is 15.0 Å². The molecule has 4 rings (SSSR count). The van der Waals surface area contributed by atoms with Crippen LogP contribution in [0.4, 0.5) is 20.3 Å². The summed E-state index contributed by atoms with van der Waals surface area (Å²) in [6, 6.07) is 11.2. The minimum absolute atomic E-state index is 0.308.